The highest BCUT2D eigenvalue weighted by molar-refractivity contribution is 7.93. The third kappa shape index (κ3) is 2.07. The largest absolute Gasteiger partial charge is 0.294 e. The molecule has 5 heteroatoms. The van der Waals surface area contributed by atoms with Crippen molar-refractivity contribution in [2.24, 2.45) is 5.92 Å². The van der Waals surface area contributed by atoms with Crippen LogP contribution in [0.3, 0.4) is 0 Å². The maximum absolute atomic E-state index is 12.8. The fourth-order valence-electron chi connectivity index (χ4n) is 3.89. The van der Waals surface area contributed by atoms with Crippen molar-refractivity contribution in [3.8, 4) is 0 Å². The second kappa shape index (κ2) is 4.88. The number of aromatic nitrogens is 1. The Morgan fingerprint density at radius 3 is 2.55 bits per heavy atom. The standard InChI is InChI=1S/C17H17NO3S/c19-17(12-3-6-16-11(8-12)2-1-7-18-16)13-9-14-4-5-15(10-13)22(14,20)21/h1-3,6-8,13-15H,4-5,9-10H2. The first-order valence-electron chi connectivity index (χ1n) is 7.67. The van der Waals surface area contributed by atoms with E-state index in [-0.39, 0.29) is 22.2 Å². The molecule has 2 aliphatic rings. The Bertz CT molecular complexity index is 839. The van der Waals surface area contributed by atoms with Crippen molar-refractivity contribution >= 4 is 26.5 Å². The first-order valence-corrected chi connectivity index (χ1v) is 9.28. The molecule has 2 unspecified atom stereocenters. The fraction of sp³-hybridized carbons (Fsp3) is 0.412. The molecule has 2 bridgehead atoms. The molecule has 114 valence electrons. The number of Topliss-reactive ketones (excluding diaryl/α,β-unsaturated/α-hetero) is 1. The number of fused-ring (bicyclic) bond motifs is 3. The summed E-state index contributed by atoms with van der Waals surface area (Å²) in [6, 6.07) is 9.33. The van der Waals surface area contributed by atoms with Crippen molar-refractivity contribution < 1.29 is 13.2 Å². The maximum Gasteiger partial charge on any atom is 0.166 e. The quantitative estimate of drug-likeness (QED) is 0.799. The Morgan fingerprint density at radius 2 is 1.82 bits per heavy atom. The molecule has 2 fully saturated rings. The zero-order valence-electron chi connectivity index (χ0n) is 12.1. The SMILES string of the molecule is O=C(c1ccc2ncccc2c1)C1CC2CCC(C1)S2(=O)=O. The lowest BCUT2D eigenvalue weighted by molar-refractivity contribution is 0.0905. The Hall–Kier alpha value is -1.75. The predicted molar refractivity (Wildman–Crippen MR) is 84.5 cm³/mol. The van der Waals surface area contributed by atoms with E-state index < -0.39 is 9.84 Å². The number of carbonyl (C=O) groups excluding carboxylic acids is 1. The number of carbonyl (C=O) groups is 1. The molecule has 3 heterocycles. The van der Waals surface area contributed by atoms with Gasteiger partial charge in [0.2, 0.25) is 0 Å². The topological polar surface area (TPSA) is 64.1 Å². The van der Waals surface area contributed by atoms with Crippen molar-refractivity contribution in [3.63, 3.8) is 0 Å². The van der Waals surface area contributed by atoms with Crippen LogP contribution in [0.1, 0.15) is 36.0 Å². The molecule has 0 aliphatic carbocycles. The summed E-state index contributed by atoms with van der Waals surface area (Å²) in [5.41, 5.74) is 1.54. The van der Waals surface area contributed by atoms with Gasteiger partial charge in [0, 0.05) is 23.1 Å². The van der Waals surface area contributed by atoms with Gasteiger partial charge in [-0.15, -0.1) is 0 Å². The lowest BCUT2D eigenvalue weighted by Gasteiger charge is -2.27. The molecule has 0 N–H and O–H groups in total. The number of sulfone groups is 1. The third-order valence-corrected chi connectivity index (χ3v) is 7.81. The van der Waals surface area contributed by atoms with Crippen LogP contribution in [-0.2, 0) is 9.84 Å². The highest BCUT2D eigenvalue weighted by Crippen LogP contribution is 2.42. The van der Waals surface area contributed by atoms with Gasteiger partial charge in [-0.25, -0.2) is 8.42 Å². The van der Waals surface area contributed by atoms with Crippen LogP contribution in [0.4, 0.5) is 0 Å². The molecule has 0 spiro atoms. The van der Waals surface area contributed by atoms with Crippen molar-refractivity contribution in [1.82, 2.24) is 4.98 Å². The van der Waals surface area contributed by atoms with Crippen molar-refractivity contribution in [3.05, 3.63) is 42.1 Å². The van der Waals surface area contributed by atoms with Crippen LogP contribution >= 0.6 is 0 Å². The lowest BCUT2D eigenvalue weighted by Crippen LogP contribution is -2.36. The van der Waals surface area contributed by atoms with Crippen LogP contribution in [0.2, 0.25) is 0 Å². The van der Waals surface area contributed by atoms with E-state index in [1.807, 2.05) is 30.3 Å². The number of pyridine rings is 1. The minimum Gasteiger partial charge on any atom is -0.294 e. The van der Waals surface area contributed by atoms with E-state index in [4.69, 9.17) is 0 Å². The van der Waals surface area contributed by atoms with Gasteiger partial charge in [-0.2, -0.15) is 0 Å². The second-order valence-corrected chi connectivity index (χ2v) is 8.87. The van der Waals surface area contributed by atoms with Crippen LogP contribution in [0.15, 0.2) is 36.5 Å². The average Bonchev–Trinajstić information content (AvgIpc) is 2.72. The van der Waals surface area contributed by atoms with E-state index >= 15 is 0 Å². The molecule has 4 nitrogen and oxygen atoms in total. The minimum absolute atomic E-state index is 0.0811. The molecule has 2 aliphatic heterocycles. The van der Waals surface area contributed by atoms with Gasteiger partial charge < -0.3 is 0 Å². The van der Waals surface area contributed by atoms with Crippen molar-refractivity contribution in [2.45, 2.75) is 36.2 Å². The molecule has 0 amide bonds. The molecular weight excluding hydrogens is 298 g/mol. The first kappa shape index (κ1) is 13.9. The Balaban J connectivity index is 1.64. The summed E-state index contributed by atoms with van der Waals surface area (Å²) in [6.45, 7) is 0. The van der Waals surface area contributed by atoms with Gasteiger partial charge in [-0.1, -0.05) is 6.07 Å². The van der Waals surface area contributed by atoms with Gasteiger partial charge in [0.05, 0.1) is 16.0 Å². The number of rotatable bonds is 2. The summed E-state index contributed by atoms with van der Waals surface area (Å²) in [6.07, 6.45) is 4.15. The van der Waals surface area contributed by atoms with Crippen molar-refractivity contribution in [1.29, 1.82) is 0 Å². The maximum atomic E-state index is 12.8. The lowest BCUT2D eigenvalue weighted by atomic mass is 9.90. The molecule has 1 aromatic carbocycles. The van der Waals surface area contributed by atoms with E-state index in [1.54, 1.807) is 6.20 Å². The van der Waals surface area contributed by atoms with Crippen LogP contribution in [-0.4, -0.2) is 29.7 Å². The van der Waals surface area contributed by atoms with Crippen LogP contribution < -0.4 is 0 Å². The van der Waals surface area contributed by atoms with E-state index in [2.05, 4.69) is 4.98 Å². The normalized spacial score (nSPS) is 29.5. The summed E-state index contributed by atoms with van der Waals surface area (Å²) in [5.74, 6) is -0.0762. The summed E-state index contributed by atoms with van der Waals surface area (Å²) >= 11 is 0. The smallest absolute Gasteiger partial charge is 0.166 e. The molecule has 0 saturated carbocycles. The monoisotopic (exact) mass is 315 g/mol. The Kier molecular flexibility index (Phi) is 3.08. The summed E-state index contributed by atoms with van der Waals surface area (Å²) < 4.78 is 24.3. The number of ketones is 1. The second-order valence-electron chi connectivity index (χ2n) is 6.35. The third-order valence-electron chi connectivity index (χ3n) is 5.09. The van der Waals surface area contributed by atoms with E-state index in [0.717, 1.165) is 23.7 Å². The fourth-order valence-corrected chi connectivity index (χ4v) is 6.36. The molecule has 2 saturated heterocycles. The first-order chi connectivity index (χ1) is 10.6. The Labute approximate surface area is 129 Å². The van der Waals surface area contributed by atoms with Gasteiger partial charge in [0.25, 0.3) is 0 Å². The van der Waals surface area contributed by atoms with E-state index in [0.29, 0.717) is 18.4 Å². The molecule has 22 heavy (non-hydrogen) atoms. The van der Waals surface area contributed by atoms with Crippen molar-refractivity contribution in [2.75, 3.05) is 0 Å². The number of hydrogen-bond acceptors (Lipinski definition) is 4. The zero-order valence-corrected chi connectivity index (χ0v) is 12.9. The number of benzene rings is 1. The number of nitrogens with zero attached hydrogens (tertiary/aromatic N) is 1. The molecule has 2 atom stereocenters. The van der Waals surface area contributed by atoms with E-state index in [1.165, 1.54) is 0 Å². The van der Waals surface area contributed by atoms with Gasteiger partial charge in [0.1, 0.15) is 0 Å². The van der Waals surface area contributed by atoms with Crippen LogP contribution in [0.25, 0.3) is 10.9 Å². The molecule has 2 aromatic rings. The van der Waals surface area contributed by atoms with E-state index in [9.17, 15) is 13.2 Å². The molecule has 4 rings (SSSR count). The molecule has 1 aromatic heterocycles. The molecule has 0 radical (unpaired) electrons. The van der Waals surface area contributed by atoms with Gasteiger partial charge >= 0.3 is 0 Å². The zero-order chi connectivity index (χ0) is 15.3. The summed E-state index contributed by atoms with van der Waals surface area (Å²) in [4.78, 5) is 17.0. The highest BCUT2D eigenvalue weighted by atomic mass is 32.2. The van der Waals surface area contributed by atoms with Gasteiger partial charge in [0.15, 0.2) is 15.6 Å². The molecular formula is C17H17NO3S. The predicted octanol–water partition coefficient (Wildman–Crippen LogP) is 2.77. The highest BCUT2D eigenvalue weighted by Gasteiger charge is 2.48. The van der Waals surface area contributed by atoms with Gasteiger partial charge in [-0.05, 0) is 49.9 Å². The minimum atomic E-state index is -2.97. The van der Waals surface area contributed by atoms with Crippen LogP contribution in [0, 0.1) is 5.92 Å². The number of hydrogen-bond donors (Lipinski definition) is 0. The van der Waals surface area contributed by atoms with Crippen LogP contribution in [0.5, 0.6) is 0 Å². The van der Waals surface area contributed by atoms with Gasteiger partial charge in [-0.3, -0.25) is 9.78 Å². The average molecular weight is 315 g/mol. The summed E-state index contributed by atoms with van der Waals surface area (Å²) in [5, 5.41) is 0.337. The Morgan fingerprint density at radius 1 is 1.09 bits per heavy atom. The summed E-state index contributed by atoms with van der Waals surface area (Å²) in [7, 11) is -2.97.